The Labute approximate surface area is 121 Å². The van der Waals surface area contributed by atoms with Crippen LogP contribution in [0, 0.1) is 13.8 Å². The summed E-state index contributed by atoms with van der Waals surface area (Å²) in [5, 5.41) is 14.0. The lowest BCUT2D eigenvalue weighted by Crippen LogP contribution is -2.05. The Kier molecular flexibility index (Phi) is 3.21. The molecule has 0 aliphatic rings. The van der Waals surface area contributed by atoms with Gasteiger partial charge in [-0.25, -0.2) is 4.98 Å². The second-order valence-corrected chi connectivity index (χ2v) is 5.02. The van der Waals surface area contributed by atoms with E-state index in [0.717, 1.165) is 33.7 Å². The van der Waals surface area contributed by atoms with E-state index in [9.17, 15) is 4.79 Å². The third-order valence-electron chi connectivity index (χ3n) is 3.53. The lowest BCUT2D eigenvalue weighted by atomic mass is 10.1. The molecule has 0 radical (unpaired) electrons. The van der Waals surface area contributed by atoms with Gasteiger partial charge in [0, 0.05) is 23.3 Å². The van der Waals surface area contributed by atoms with Crippen molar-refractivity contribution in [3.63, 3.8) is 0 Å². The van der Waals surface area contributed by atoms with Gasteiger partial charge in [0.05, 0.1) is 13.0 Å². The number of aryl methyl sites for hydroxylation is 1. The van der Waals surface area contributed by atoms with Gasteiger partial charge < -0.3 is 14.2 Å². The Morgan fingerprint density at radius 3 is 2.90 bits per heavy atom. The smallest absolute Gasteiger partial charge is 0.307 e. The summed E-state index contributed by atoms with van der Waals surface area (Å²) in [4.78, 5) is 15.5. The van der Waals surface area contributed by atoms with Gasteiger partial charge in [-0.15, -0.1) is 0 Å². The van der Waals surface area contributed by atoms with E-state index in [1.807, 2.05) is 36.6 Å². The van der Waals surface area contributed by atoms with Crippen LogP contribution in [0.3, 0.4) is 0 Å². The van der Waals surface area contributed by atoms with Gasteiger partial charge in [0.25, 0.3) is 0 Å². The van der Waals surface area contributed by atoms with Crippen molar-refractivity contribution in [2.75, 3.05) is 0 Å². The quantitative estimate of drug-likeness (QED) is 0.795. The highest BCUT2D eigenvalue weighted by atomic mass is 16.5. The number of rotatable bonds is 4. The van der Waals surface area contributed by atoms with Gasteiger partial charge >= 0.3 is 5.97 Å². The fourth-order valence-corrected chi connectivity index (χ4v) is 2.59. The van der Waals surface area contributed by atoms with Crippen molar-refractivity contribution in [2.24, 2.45) is 0 Å². The van der Waals surface area contributed by atoms with Crippen molar-refractivity contribution < 1.29 is 14.4 Å². The van der Waals surface area contributed by atoms with Crippen molar-refractivity contribution in [3.8, 4) is 0 Å². The van der Waals surface area contributed by atoms with Gasteiger partial charge in [0.15, 0.2) is 0 Å². The summed E-state index contributed by atoms with van der Waals surface area (Å²) in [5.41, 5.74) is 3.25. The summed E-state index contributed by atoms with van der Waals surface area (Å²) in [5.74, 6) is -0.101. The molecule has 21 heavy (non-hydrogen) atoms. The molecule has 0 saturated carbocycles. The lowest BCUT2D eigenvalue weighted by Gasteiger charge is -2.05. The van der Waals surface area contributed by atoms with Crippen LogP contribution < -0.4 is 0 Å². The zero-order chi connectivity index (χ0) is 15.0. The first-order chi connectivity index (χ1) is 10.1. The standard InChI is InChI=1S/C15H15N3O3/c1-9-6-11(17-21-9)8-18-10(2)13(7-14(19)20)12-4-3-5-16-15(12)18/h3-6H,7-8H2,1-2H3,(H,19,20). The maximum absolute atomic E-state index is 11.1. The Hall–Kier alpha value is -2.63. The molecule has 6 heteroatoms. The largest absolute Gasteiger partial charge is 0.481 e. The number of carboxylic acid groups (broad SMARTS) is 1. The highest BCUT2D eigenvalue weighted by Crippen LogP contribution is 2.25. The molecular weight excluding hydrogens is 270 g/mol. The molecule has 3 aromatic rings. The number of pyridine rings is 1. The van der Waals surface area contributed by atoms with E-state index in [2.05, 4.69) is 10.1 Å². The number of carbonyl (C=O) groups is 1. The fourth-order valence-electron chi connectivity index (χ4n) is 2.59. The van der Waals surface area contributed by atoms with E-state index in [4.69, 9.17) is 9.63 Å². The molecule has 0 atom stereocenters. The van der Waals surface area contributed by atoms with Crippen LogP contribution in [-0.4, -0.2) is 25.8 Å². The molecule has 0 aliphatic heterocycles. The van der Waals surface area contributed by atoms with E-state index in [0.29, 0.717) is 6.54 Å². The molecule has 108 valence electrons. The van der Waals surface area contributed by atoms with E-state index < -0.39 is 5.97 Å². The van der Waals surface area contributed by atoms with Crippen molar-refractivity contribution in [1.29, 1.82) is 0 Å². The molecule has 6 nitrogen and oxygen atoms in total. The molecule has 0 saturated heterocycles. The van der Waals surface area contributed by atoms with Crippen molar-refractivity contribution in [3.05, 3.63) is 47.1 Å². The van der Waals surface area contributed by atoms with E-state index in [-0.39, 0.29) is 6.42 Å². The molecule has 3 rings (SSSR count). The number of nitrogens with zero attached hydrogens (tertiary/aromatic N) is 3. The predicted octanol–water partition coefficient (Wildman–Crippen LogP) is 2.32. The maximum atomic E-state index is 11.1. The average molecular weight is 285 g/mol. The van der Waals surface area contributed by atoms with Crippen LogP contribution in [0.25, 0.3) is 11.0 Å². The summed E-state index contributed by atoms with van der Waals surface area (Å²) in [6.45, 7) is 4.26. The van der Waals surface area contributed by atoms with Crippen LogP contribution in [0.2, 0.25) is 0 Å². The Balaban J connectivity index is 2.13. The Bertz CT molecular complexity index is 817. The summed E-state index contributed by atoms with van der Waals surface area (Å²) in [6.07, 6.45) is 1.69. The zero-order valence-electron chi connectivity index (χ0n) is 11.8. The number of fused-ring (bicyclic) bond motifs is 1. The normalized spacial score (nSPS) is 11.1. The second-order valence-electron chi connectivity index (χ2n) is 5.02. The molecule has 0 bridgehead atoms. The van der Waals surface area contributed by atoms with Crippen LogP contribution in [0.4, 0.5) is 0 Å². The first-order valence-corrected chi connectivity index (χ1v) is 6.63. The highest BCUT2D eigenvalue weighted by Gasteiger charge is 2.17. The monoisotopic (exact) mass is 285 g/mol. The van der Waals surface area contributed by atoms with Gasteiger partial charge in [0.1, 0.15) is 17.1 Å². The molecule has 3 heterocycles. The van der Waals surface area contributed by atoms with Crippen molar-refractivity contribution >= 4 is 17.0 Å². The zero-order valence-corrected chi connectivity index (χ0v) is 11.8. The van der Waals surface area contributed by atoms with Crippen molar-refractivity contribution in [2.45, 2.75) is 26.8 Å². The molecular formula is C15H15N3O3. The van der Waals surface area contributed by atoms with Crippen LogP contribution >= 0.6 is 0 Å². The first-order valence-electron chi connectivity index (χ1n) is 6.63. The number of hydrogen-bond acceptors (Lipinski definition) is 4. The maximum Gasteiger partial charge on any atom is 0.307 e. The minimum Gasteiger partial charge on any atom is -0.481 e. The molecule has 0 aromatic carbocycles. The van der Waals surface area contributed by atoms with Gasteiger partial charge in [-0.3, -0.25) is 4.79 Å². The van der Waals surface area contributed by atoms with Gasteiger partial charge in [-0.2, -0.15) is 0 Å². The molecule has 0 spiro atoms. The SMILES string of the molecule is Cc1cc(Cn2c(C)c(CC(=O)O)c3cccnc32)no1. The van der Waals surface area contributed by atoms with Gasteiger partial charge in [-0.1, -0.05) is 5.16 Å². The average Bonchev–Trinajstić information content (AvgIpc) is 2.96. The summed E-state index contributed by atoms with van der Waals surface area (Å²) >= 11 is 0. The summed E-state index contributed by atoms with van der Waals surface area (Å²) in [7, 11) is 0. The predicted molar refractivity (Wildman–Crippen MR) is 76.2 cm³/mol. The Morgan fingerprint density at radius 2 is 2.24 bits per heavy atom. The number of aliphatic carboxylic acids is 1. The molecule has 0 amide bonds. The summed E-state index contributed by atoms with van der Waals surface area (Å²) in [6, 6.07) is 5.58. The molecule has 0 fully saturated rings. The van der Waals surface area contributed by atoms with Crippen LogP contribution in [0.15, 0.2) is 28.9 Å². The minimum atomic E-state index is -0.849. The fraction of sp³-hybridized carbons (Fsp3) is 0.267. The minimum absolute atomic E-state index is 0.0150. The number of hydrogen-bond donors (Lipinski definition) is 1. The summed E-state index contributed by atoms with van der Waals surface area (Å²) < 4.78 is 7.06. The molecule has 0 unspecified atom stereocenters. The topological polar surface area (TPSA) is 81.2 Å². The van der Waals surface area contributed by atoms with Gasteiger partial charge in [-0.05, 0) is 31.5 Å². The second kappa shape index (κ2) is 5.05. The third-order valence-corrected chi connectivity index (χ3v) is 3.53. The Morgan fingerprint density at radius 1 is 1.43 bits per heavy atom. The van der Waals surface area contributed by atoms with Crippen LogP contribution in [-0.2, 0) is 17.8 Å². The van der Waals surface area contributed by atoms with Gasteiger partial charge in [0.2, 0.25) is 0 Å². The first kappa shape index (κ1) is 13.4. The van der Waals surface area contributed by atoms with Crippen LogP contribution in [0.1, 0.15) is 22.7 Å². The van der Waals surface area contributed by atoms with E-state index in [1.165, 1.54) is 0 Å². The molecule has 3 aromatic heterocycles. The van der Waals surface area contributed by atoms with E-state index >= 15 is 0 Å². The molecule has 0 aliphatic carbocycles. The highest BCUT2D eigenvalue weighted by molar-refractivity contribution is 5.86. The number of carboxylic acids is 1. The lowest BCUT2D eigenvalue weighted by molar-refractivity contribution is -0.136. The third kappa shape index (κ3) is 2.40. The van der Waals surface area contributed by atoms with E-state index in [1.54, 1.807) is 6.20 Å². The molecule has 1 N–H and O–H groups in total. The van der Waals surface area contributed by atoms with Crippen molar-refractivity contribution in [1.82, 2.24) is 14.7 Å². The van der Waals surface area contributed by atoms with Crippen LogP contribution in [0.5, 0.6) is 0 Å². The number of aromatic nitrogens is 3.